The van der Waals surface area contributed by atoms with E-state index in [1.807, 2.05) is 0 Å². The number of likely N-dealkylation sites (tertiary alicyclic amines) is 1. The predicted molar refractivity (Wildman–Crippen MR) is 41.3 cm³/mol. The first-order valence-corrected chi connectivity index (χ1v) is 4.15. The number of halogens is 2. The van der Waals surface area contributed by atoms with Crippen LogP contribution in [0.3, 0.4) is 0 Å². The second kappa shape index (κ2) is 3.47. The van der Waals surface area contributed by atoms with Crippen molar-refractivity contribution in [1.29, 1.82) is 0 Å². The zero-order chi connectivity index (χ0) is 9.19. The van der Waals surface area contributed by atoms with E-state index in [4.69, 9.17) is 0 Å². The van der Waals surface area contributed by atoms with Gasteiger partial charge in [0.15, 0.2) is 0 Å². The van der Waals surface area contributed by atoms with Crippen molar-refractivity contribution in [2.24, 2.45) is 0 Å². The molecule has 1 aliphatic rings. The van der Waals surface area contributed by atoms with Gasteiger partial charge in [-0.1, -0.05) is 6.92 Å². The summed E-state index contributed by atoms with van der Waals surface area (Å²) in [4.78, 5) is 12.4. The van der Waals surface area contributed by atoms with Gasteiger partial charge in [0.1, 0.15) is 5.78 Å². The van der Waals surface area contributed by atoms with Crippen molar-refractivity contribution < 1.29 is 13.6 Å². The van der Waals surface area contributed by atoms with Gasteiger partial charge in [0.2, 0.25) is 0 Å². The van der Waals surface area contributed by atoms with E-state index in [9.17, 15) is 13.6 Å². The van der Waals surface area contributed by atoms with Crippen LogP contribution in [0.2, 0.25) is 0 Å². The maximum absolute atomic E-state index is 12.6. The SMILES string of the molecule is CCC(=O)CN1CCC(F)(F)C1. The number of alkyl halides is 2. The van der Waals surface area contributed by atoms with Gasteiger partial charge in [-0.05, 0) is 0 Å². The molecule has 0 aromatic rings. The van der Waals surface area contributed by atoms with E-state index in [-0.39, 0.29) is 25.3 Å². The van der Waals surface area contributed by atoms with Crippen LogP contribution in [-0.2, 0) is 4.79 Å². The Morgan fingerprint density at radius 2 is 2.25 bits per heavy atom. The molecule has 12 heavy (non-hydrogen) atoms. The number of rotatable bonds is 3. The molecule has 1 saturated heterocycles. The Morgan fingerprint density at radius 1 is 1.58 bits per heavy atom. The van der Waals surface area contributed by atoms with E-state index in [0.29, 0.717) is 13.0 Å². The van der Waals surface area contributed by atoms with Gasteiger partial charge in [-0.15, -0.1) is 0 Å². The molecule has 0 bridgehead atoms. The lowest BCUT2D eigenvalue weighted by atomic mass is 10.3. The number of Topliss-reactive ketones (excluding diaryl/α,β-unsaturated/α-hetero) is 1. The molecule has 0 aliphatic carbocycles. The first kappa shape index (κ1) is 9.58. The summed E-state index contributed by atoms with van der Waals surface area (Å²) in [7, 11) is 0. The average molecular weight is 177 g/mol. The van der Waals surface area contributed by atoms with E-state index in [0.717, 1.165) is 0 Å². The van der Waals surface area contributed by atoms with Crippen LogP contribution in [0.1, 0.15) is 19.8 Å². The van der Waals surface area contributed by atoms with Crippen molar-refractivity contribution >= 4 is 5.78 Å². The molecule has 0 saturated carbocycles. The smallest absolute Gasteiger partial charge is 0.261 e. The molecule has 2 nitrogen and oxygen atoms in total. The predicted octanol–water partition coefficient (Wildman–Crippen LogP) is 1.31. The van der Waals surface area contributed by atoms with Crippen LogP contribution in [0.4, 0.5) is 8.78 Å². The second-order valence-electron chi connectivity index (χ2n) is 3.21. The maximum Gasteiger partial charge on any atom is 0.261 e. The molecule has 0 amide bonds. The van der Waals surface area contributed by atoms with Gasteiger partial charge in [0, 0.05) is 19.4 Å². The molecule has 1 heterocycles. The summed E-state index contributed by atoms with van der Waals surface area (Å²) in [6.45, 7) is 2.03. The molecule has 0 unspecified atom stereocenters. The molecule has 0 atom stereocenters. The minimum atomic E-state index is -2.58. The molecule has 0 spiro atoms. The molecule has 1 fully saturated rings. The Kier molecular flexibility index (Phi) is 2.77. The Morgan fingerprint density at radius 3 is 2.67 bits per heavy atom. The van der Waals surface area contributed by atoms with Crippen LogP contribution in [0.15, 0.2) is 0 Å². The van der Waals surface area contributed by atoms with E-state index in [1.54, 1.807) is 6.92 Å². The van der Waals surface area contributed by atoms with Gasteiger partial charge in [-0.25, -0.2) is 8.78 Å². The van der Waals surface area contributed by atoms with Crippen molar-refractivity contribution in [2.75, 3.05) is 19.6 Å². The monoisotopic (exact) mass is 177 g/mol. The summed E-state index contributed by atoms with van der Waals surface area (Å²) < 4.78 is 25.2. The third-order valence-corrected chi connectivity index (χ3v) is 2.04. The second-order valence-corrected chi connectivity index (χ2v) is 3.21. The standard InChI is InChI=1S/C8H13F2NO/c1-2-7(12)5-11-4-3-8(9,10)6-11/h2-6H2,1H3. The zero-order valence-electron chi connectivity index (χ0n) is 7.15. The van der Waals surface area contributed by atoms with Crippen molar-refractivity contribution in [1.82, 2.24) is 4.90 Å². The molecule has 0 aromatic carbocycles. The fraction of sp³-hybridized carbons (Fsp3) is 0.875. The van der Waals surface area contributed by atoms with Gasteiger partial charge >= 0.3 is 0 Å². The normalized spacial score (nSPS) is 22.9. The number of ketones is 1. The number of hydrogen-bond donors (Lipinski definition) is 0. The molecular weight excluding hydrogens is 164 g/mol. The van der Waals surface area contributed by atoms with Crippen LogP contribution < -0.4 is 0 Å². The van der Waals surface area contributed by atoms with E-state index >= 15 is 0 Å². The summed E-state index contributed by atoms with van der Waals surface area (Å²) >= 11 is 0. The van der Waals surface area contributed by atoms with Crippen LogP contribution in [0.25, 0.3) is 0 Å². The first-order valence-electron chi connectivity index (χ1n) is 4.15. The number of carbonyl (C=O) groups excluding carboxylic acids is 1. The van der Waals surface area contributed by atoms with Gasteiger partial charge < -0.3 is 0 Å². The van der Waals surface area contributed by atoms with Gasteiger partial charge in [0.05, 0.1) is 13.1 Å². The lowest BCUT2D eigenvalue weighted by Crippen LogP contribution is -2.30. The molecule has 70 valence electrons. The maximum atomic E-state index is 12.6. The Balaban J connectivity index is 2.33. The molecule has 0 aromatic heterocycles. The van der Waals surface area contributed by atoms with Crippen molar-refractivity contribution in [2.45, 2.75) is 25.7 Å². The van der Waals surface area contributed by atoms with Crippen LogP contribution in [0, 0.1) is 0 Å². The van der Waals surface area contributed by atoms with Gasteiger partial charge in [-0.2, -0.15) is 0 Å². The number of hydrogen-bond acceptors (Lipinski definition) is 2. The van der Waals surface area contributed by atoms with Gasteiger partial charge in [0.25, 0.3) is 5.92 Å². The number of carbonyl (C=O) groups is 1. The zero-order valence-corrected chi connectivity index (χ0v) is 7.15. The fourth-order valence-corrected chi connectivity index (χ4v) is 1.30. The van der Waals surface area contributed by atoms with Crippen LogP contribution in [0.5, 0.6) is 0 Å². The largest absolute Gasteiger partial charge is 0.298 e. The quantitative estimate of drug-likeness (QED) is 0.647. The molecule has 4 heteroatoms. The Labute approximate surface area is 70.5 Å². The molecule has 1 rings (SSSR count). The summed E-state index contributed by atoms with van der Waals surface area (Å²) in [6.07, 6.45) is 0.325. The highest BCUT2D eigenvalue weighted by Crippen LogP contribution is 2.26. The average Bonchev–Trinajstić information content (AvgIpc) is 2.30. The minimum absolute atomic E-state index is 0.0349. The molecular formula is C8H13F2NO. The Hall–Kier alpha value is -0.510. The lowest BCUT2D eigenvalue weighted by molar-refractivity contribution is -0.119. The highest BCUT2D eigenvalue weighted by atomic mass is 19.3. The molecule has 1 aliphatic heterocycles. The van der Waals surface area contributed by atoms with Crippen molar-refractivity contribution in [3.05, 3.63) is 0 Å². The van der Waals surface area contributed by atoms with Crippen LogP contribution in [-0.4, -0.2) is 36.2 Å². The summed E-state index contributed by atoms with van der Waals surface area (Å²) in [5.74, 6) is -2.54. The Bertz CT molecular complexity index is 182. The van der Waals surface area contributed by atoms with E-state index in [1.165, 1.54) is 4.90 Å². The molecule has 0 N–H and O–H groups in total. The fourth-order valence-electron chi connectivity index (χ4n) is 1.30. The highest BCUT2D eigenvalue weighted by molar-refractivity contribution is 5.80. The highest BCUT2D eigenvalue weighted by Gasteiger charge is 2.38. The topological polar surface area (TPSA) is 20.3 Å². The van der Waals surface area contributed by atoms with Gasteiger partial charge in [-0.3, -0.25) is 9.69 Å². The summed E-state index contributed by atoms with van der Waals surface area (Å²) in [5.41, 5.74) is 0. The third kappa shape index (κ3) is 2.52. The molecule has 0 radical (unpaired) electrons. The first-order chi connectivity index (χ1) is 5.53. The van der Waals surface area contributed by atoms with Crippen molar-refractivity contribution in [3.8, 4) is 0 Å². The third-order valence-electron chi connectivity index (χ3n) is 2.04. The van der Waals surface area contributed by atoms with Crippen molar-refractivity contribution in [3.63, 3.8) is 0 Å². The van der Waals surface area contributed by atoms with E-state index < -0.39 is 5.92 Å². The van der Waals surface area contributed by atoms with Crippen LogP contribution >= 0.6 is 0 Å². The lowest BCUT2D eigenvalue weighted by Gasteiger charge is -2.13. The van der Waals surface area contributed by atoms with E-state index in [2.05, 4.69) is 0 Å². The minimum Gasteiger partial charge on any atom is -0.298 e. The summed E-state index contributed by atoms with van der Waals surface area (Å²) in [5, 5.41) is 0. The summed E-state index contributed by atoms with van der Waals surface area (Å²) in [6, 6.07) is 0. The number of nitrogens with zero attached hydrogens (tertiary/aromatic N) is 1.